The molecule has 2 aromatic heterocycles. The number of nitrogen functional groups attached to an aromatic ring is 1. The molecule has 0 spiro atoms. The van der Waals surface area contributed by atoms with Gasteiger partial charge in [-0.25, -0.2) is 17.4 Å². The number of rotatable bonds is 4. The van der Waals surface area contributed by atoms with E-state index in [1.54, 1.807) is 42.6 Å². The Kier molecular flexibility index (Phi) is 4.99. The molecule has 0 bridgehead atoms. The highest BCUT2D eigenvalue weighted by atomic mass is 35.5. The van der Waals surface area contributed by atoms with Crippen molar-refractivity contribution in [1.82, 2.24) is 13.9 Å². The van der Waals surface area contributed by atoms with Crippen molar-refractivity contribution in [2.75, 3.05) is 5.73 Å². The maximum Gasteiger partial charge on any atom is 0.268 e. The van der Waals surface area contributed by atoms with Gasteiger partial charge in [0.15, 0.2) is 5.95 Å². The van der Waals surface area contributed by atoms with Crippen LogP contribution in [0.15, 0.2) is 65.7 Å². The lowest BCUT2D eigenvalue weighted by Gasteiger charge is -2.07. The maximum absolute atomic E-state index is 13.2. The van der Waals surface area contributed by atoms with Crippen molar-refractivity contribution in [3.63, 3.8) is 0 Å². The molecule has 4 aromatic rings. The zero-order valence-corrected chi connectivity index (χ0v) is 16.2. The first-order chi connectivity index (χ1) is 12.5. The van der Waals surface area contributed by atoms with E-state index in [0.717, 1.165) is 16.6 Å². The zero-order chi connectivity index (χ0) is 18.3. The molecule has 6 nitrogen and oxygen atoms in total. The molecule has 0 aliphatic heterocycles. The topological polar surface area (TPSA) is 93.8 Å². The second-order valence-electron chi connectivity index (χ2n) is 5.98. The number of halogens is 1. The van der Waals surface area contributed by atoms with Crippen molar-refractivity contribution in [3.05, 3.63) is 66.5 Å². The Hall–Kier alpha value is -2.77. The molecule has 0 aliphatic rings. The van der Waals surface area contributed by atoms with Gasteiger partial charge in [-0.05, 0) is 24.6 Å². The van der Waals surface area contributed by atoms with Crippen molar-refractivity contribution in [2.24, 2.45) is 0 Å². The van der Waals surface area contributed by atoms with E-state index < -0.39 is 10.0 Å². The van der Waals surface area contributed by atoms with Crippen LogP contribution >= 0.6 is 12.4 Å². The van der Waals surface area contributed by atoms with Crippen molar-refractivity contribution < 1.29 is 8.42 Å². The number of para-hydroxylation sites is 1. The van der Waals surface area contributed by atoms with E-state index in [9.17, 15) is 8.42 Å². The standard InChI is InChI=1S/C19H18N4O2S.ClH/c1-2-16-18(22-19(20)21-16)15-12-23(17-11-7-6-10-14(15)17)26(24,25)13-8-4-3-5-9-13;/h3-12H,2H2,1H3,(H3,20,21,22);1H. The minimum absolute atomic E-state index is 0. The number of H-pyrrole nitrogens is 1. The normalized spacial score (nSPS) is 11.4. The number of nitrogens with zero attached hydrogens (tertiary/aromatic N) is 2. The van der Waals surface area contributed by atoms with Gasteiger partial charge in [-0.15, -0.1) is 12.4 Å². The highest BCUT2D eigenvalue weighted by Gasteiger charge is 2.23. The van der Waals surface area contributed by atoms with Crippen LogP contribution in [0.4, 0.5) is 5.95 Å². The van der Waals surface area contributed by atoms with Gasteiger partial charge < -0.3 is 10.7 Å². The predicted molar refractivity (Wildman–Crippen MR) is 110 cm³/mol. The lowest BCUT2D eigenvalue weighted by Crippen LogP contribution is -2.11. The Balaban J connectivity index is 0.00000210. The number of imidazole rings is 1. The third-order valence-electron chi connectivity index (χ3n) is 4.38. The van der Waals surface area contributed by atoms with Crippen LogP contribution in [-0.2, 0) is 16.4 Å². The van der Waals surface area contributed by atoms with Gasteiger partial charge in [0.25, 0.3) is 10.0 Å². The summed E-state index contributed by atoms with van der Waals surface area (Å²) in [5, 5.41) is 0.813. The molecule has 0 radical (unpaired) electrons. The van der Waals surface area contributed by atoms with Crippen LogP contribution in [0.2, 0.25) is 0 Å². The fourth-order valence-electron chi connectivity index (χ4n) is 3.15. The molecule has 140 valence electrons. The average molecular weight is 403 g/mol. The van der Waals surface area contributed by atoms with E-state index in [1.165, 1.54) is 3.97 Å². The van der Waals surface area contributed by atoms with Crippen molar-refractivity contribution in [2.45, 2.75) is 18.2 Å². The summed E-state index contributed by atoms with van der Waals surface area (Å²) in [6.45, 7) is 2.00. The smallest absolute Gasteiger partial charge is 0.268 e. The van der Waals surface area contributed by atoms with E-state index >= 15 is 0 Å². The summed E-state index contributed by atoms with van der Waals surface area (Å²) in [6, 6.07) is 15.8. The van der Waals surface area contributed by atoms with Gasteiger partial charge in [-0.2, -0.15) is 0 Å². The third kappa shape index (κ3) is 3.09. The SMILES string of the molecule is CCc1[nH]c(N)nc1-c1cn(S(=O)(=O)c2ccccc2)c2ccccc12.Cl. The summed E-state index contributed by atoms with van der Waals surface area (Å²) in [6.07, 6.45) is 2.34. The molecule has 3 N–H and O–H groups in total. The molecule has 0 aliphatic carbocycles. The van der Waals surface area contributed by atoms with Gasteiger partial charge in [0.2, 0.25) is 0 Å². The van der Waals surface area contributed by atoms with Crippen molar-refractivity contribution in [1.29, 1.82) is 0 Å². The molecule has 0 amide bonds. The number of benzene rings is 2. The number of aromatic nitrogens is 3. The first-order valence-corrected chi connectivity index (χ1v) is 9.72. The van der Waals surface area contributed by atoms with Crippen molar-refractivity contribution in [3.8, 4) is 11.3 Å². The fourth-order valence-corrected chi connectivity index (χ4v) is 4.54. The number of nitrogens with two attached hydrogens (primary N) is 1. The maximum atomic E-state index is 13.2. The van der Waals surface area contributed by atoms with Crippen molar-refractivity contribution >= 4 is 39.3 Å². The summed E-state index contributed by atoms with van der Waals surface area (Å²) >= 11 is 0. The van der Waals surface area contributed by atoms with Gasteiger partial charge in [0.1, 0.15) is 0 Å². The van der Waals surface area contributed by atoms with Crippen LogP contribution < -0.4 is 5.73 Å². The molecule has 0 unspecified atom stereocenters. The lowest BCUT2D eigenvalue weighted by atomic mass is 10.1. The highest BCUT2D eigenvalue weighted by molar-refractivity contribution is 7.90. The van der Waals surface area contributed by atoms with Gasteiger partial charge in [-0.1, -0.05) is 43.3 Å². The van der Waals surface area contributed by atoms with Crippen LogP contribution in [0.25, 0.3) is 22.2 Å². The van der Waals surface area contributed by atoms with E-state index in [4.69, 9.17) is 5.73 Å². The summed E-state index contributed by atoms with van der Waals surface area (Å²) in [4.78, 5) is 7.67. The number of hydrogen-bond acceptors (Lipinski definition) is 4. The fraction of sp³-hybridized carbons (Fsp3) is 0.105. The largest absolute Gasteiger partial charge is 0.369 e. The summed E-state index contributed by atoms with van der Waals surface area (Å²) < 4.78 is 27.6. The monoisotopic (exact) mass is 402 g/mol. The molecule has 8 heteroatoms. The molecule has 0 saturated heterocycles. The first kappa shape index (κ1) is 19.0. The zero-order valence-electron chi connectivity index (χ0n) is 14.6. The molecule has 4 rings (SSSR count). The van der Waals surface area contributed by atoms with E-state index in [1.807, 2.05) is 25.1 Å². The van der Waals surface area contributed by atoms with Crippen LogP contribution in [0.5, 0.6) is 0 Å². The number of nitrogens with one attached hydrogen (secondary N) is 1. The van der Waals surface area contributed by atoms with Crippen LogP contribution in [0.1, 0.15) is 12.6 Å². The molecule has 2 heterocycles. The Bertz CT molecular complexity index is 1200. The van der Waals surface area contributed by atoms with E-state index in [-0.39, 0.29) is 17.3 Å². The molecule has 2 aromatic carbocycles. The van der Waals surface area contributed by atoms with E-state index in [2.05, 4.69) is 9.97 Å². The Morgan fingerprint density at radius 2 is 1.74 bits per heavy atom. The second kappa shape index (κ2) is 7.09. The number of aryl methyl sites for hydroxylation is 1. The number of fused-ring (bicyclic) bond motifs is 1. The Morgan fingerprint density at radius 1 is 1.07 bits per heavy atom. The quantitative estimate of drug-likeness (QED) is 0.542. The highest BCUT2D eigenvalue weighted by Crippen LogP contribution is 2.34. The minimum atomic E-state index is -3.72. The first-order valence-electron chi connectivity index (χ1n) is 8.28. The van der Waals surface area contributed by atoms with Crippen LogP contribution in [-0.4, -0.2) is 22.4 Å². The second-order valence-corrected chi connectivity index (χ2v) is 7.79. The number of anilines is 1. The summed E-state index contributed by atoms with van der Waals surface area (Å²) in [5.41, 5.74) is 8.74. The molecular formula is C19H19ClN4O2S. The molecule has 0 fully saturated rings. The van der Waals surface area contributed by atoms with E-state index in [0.29, 0.717) is 23.6 Å². The molecule has 27 heavy (non-hydrogen) atoms. The molecule has 0 saturated carbocycles. The number of hydrogen-bond donors (Lipinski definition) is 2. The minimum Gasteiger partial charge on any atom is -0.369 e. The summed E-state index contributed by atoms with van der Waals surface area (Å²) in [5.74, 6) is 0.319. The Morgan fingerprint density at radius 3 is 2.44 bits per heavy atom. The van der Waals surface area contributed by atoms with Gasteiger partial charge in [-0.3, -0.25) is 0 Å². The molecular weight excluding hydrogens is 384 g/mol. The van der Waals surface area contributed by atoms with Gasteiger partial charge in [0.05, 0.1) is 16.1 Å². The van der Waals surface area contributed by atoms with Crippen LogP contribution in [0.3, 0.4) is 0 Å². The van der Waals surface area contributed by atoms with Gasteiger partial charge >= 0.3 is 0 Å². The molecule has 0 atom stereocenters. The predicted octanol–water partition coefficient (Wildman–Crippen LogP) is 3.83. The summed E-state index contributed by atoms with van der Waals surface area (Å²) in [7, 11) is -3.72. The third-order valence-corrected chi connectivity index (χ3v) is 6.07. The average Bonchev–Trinajstić information content (AvgIpc) is 3.23. The van der Waals surface area contributed by atoms with Gasteiger partial charge in [0, 0.05) is 22.8 Å². The number of aromatic amines is 1. The Labute approximate surface area is 163 Å². The van der Waals surface area contributed by atoms with Crippen LogP contribution in [0, 0.1) is 0 Å². The lowest BCUT2D eigenvalue weighted by molar-refractivity contribution is 0.589.